The second kappa shape index (κ2) is 5.96. The van der Waals surface area contributed by atoms with E-state index in [2.05, 4.69) is 10.5 Å². The topological polar surface area (TPSA) is 99.6 Å². The molecule has 0 aliphatic carbocycles. The molecule has 0 fully saturated rings. The minimum absolute atomic E-state index is 0.0838. The maximum Gasteiger partial charge on any atom is 0.347 e. The van der Waals surface area contributed by atoms with Crippen LogP contribution in [-0.4, -0.2) is 24.8 Å². The van der Waals surface area contributed by atoms with E-state index in [1.807, 2.05) is 0 Å². The van der Waals surface area contributed by atoms with E-state index in [0.717, 1.165) is 5.75 Å². The van der Waals surface area contributed by atoms with Crippen molar-refractivity contribution in [2.24, 2.45) is 0 Å². The lowest BCUT2D eigenvalue weighted by Crippen LogP contribution is -2.08. The summed E-state index contributed by atoms with van der Waals surface area (Å²) in [5, 5.41) is 6.66. The van der Waals surface area contributed by atoms with Crippen LogP contribution in [0.1, 0.15) is 17.3 Å². The Morgan fingerprint density at radius 3 is 2.70 bits per heavy atom. The van der Waals surface area contributed by atoms with E-state index in [1.165, 1.54) is 0 Å². The van der Waals surface area contributed by atoms with E-state index in [-0.39, 0.29) is 23.9 Å². The van der Waals surface area contributed by atoms with Gasteiger partial charge >= 0.3 is 5.97 Å². The SMILES string of the molecule is CCOC(=O)c1c(Nc2ccc(OC)cc2)noc1N. The van der Waals surface area contributed by atoms with Crippen molar-refractivity contribution in [3.8, 4) is 5.75 Å². The van der Waals surface area contributed by atoms with Crippen molar-refractivity contribution >= 4 is 23.4 Å². The third-order valence-electron chi connectivity index (χ3n) is 2.55. The van der Waals surface area contributed by atoms with Gasteiger partial charge < -0.3 is 25.0 Å². The molecule has 0 unspecified atom stereocenters. The first-order chi connectivity index (χ1) is 9.65. The Morgan fingerprint density at radius 1 is 1.40 bits per heavy atom. The van der Waals surface area contributed by atoms with Gasteiger partial charge in [-0.05, 0) is 31.2 Å². The first-order valence-corrected chi connectivity index (χ1v) is 5.99. The molecular formula is C13H15N3O4. The molecule has 0 radical (unpaired) electrons. The number of anilines is 3. The fraction of sp³-hybridized carbons (Fsp3) is 0.231. The fourth-order valence-corrected chi connectivity index (χ4v) is 1.60. The number of nitrogen functional groups attached to an aromatic ring is 1. The van der Waals surface area contributed by atoms with Crippen LogP contribution in [0.3, 0.4) is 0 Å². The number of ether oxygens (including phenoxy) is 2. The second-order valence-corrected chi connectivity index (χ2v) is 3.84. The van der Waals surface area contributed by atoms with Crippen LogP contribution in [0.25, 0.3) is 0 Å². The van der Waals surface area contributed by atoms with Crippen molar-refractivity contribution in [3.63, 3.8) is 0 Å². The van der Waals surface area contributed by atoms with E-state index in [1.54, 1.807) is 38.3 Å². The van der Waals surface area contributed by atoms with Gasteiger partial charge in [-0.3, -0.25) is 0 Å². The van der Waals surface area contributed by atoms with E-state index >= 15 is 0 Å². The highest BCUT2D eigenvalue weighted by molar-refractivity contribution is 5.99. The number of rotatable bonds is 5. The number of esters is 1. The van der Waals surface area contributed by atoms with Crippen molar-refractivity contribution in [1.82, 2.24) is 5.16 Å². The van der Waals surface area contributed by atoms with Crippen molar-refractivity contribution in [1.29, 1.82) is 0 Å². The minimum Gasteiger partial charge on any atom is -0.497 e. The minimum atomic E-state index is -0.581. The summed E-state index contributed by atoms with van der Waals surface area (Å²) in [6.45, 7) is 1.95. The number of nitrogens with zero attached hydrogens (tertiary/aromatic N) is 1. The number of carbonyl (C=O) groups is 1. The first-order valence-electron chi connectivity index (χ1n) is 5.99. The van der Waals surface area contributed by atoms with Gasteiger partial charge in [0, 0.05) is 5.69 Å². The fourth-order valence-electron chi connectivity index (χ4n) is 1.60. The van der Waals surface area contributed by atoms with Crippen LogP contribution in [0.4, 0.5) is 17.4 Å². The van der Waals surface area contributed by atoms with Gasteiger partial charge in [0.15, 0.2) is 11.4 Å². The highest BCUT2D eigenvalue weighted by atomic mass is 16.5. The number of hydrogen-bond acceptors (Lipinski definition) is 7. The maximum atomic E-state index is 11.8. The Balaban J connectivity index is 2.22. The average molecular weight is 277 g/mol. The molecule has 0 saturated carbocycles. The molecule has 1 aromatic carbocycles. The molecule has 0 atom stereocenters. The van der Waals surface area contributed by atoms with Crippen molar-refractivity contribution in [2.45, 2.75) is 6.92 Å². The molecule has 1 aromatic heterocycles. The molecule has 106 valence electrons. The third kappa shape index (κ3) is 2.82. The first kappa shape index (κ1) is 13.7. The van der Waals surface area contributed by atoms with Crippen LogP contribution < -0.4 is 15.8 Å². The molecule has 1 heterocycles. The molecule has 0 bridgehead atoms. The second-order valence-electron chi connectivity index (χ2n) is 3.84. The normalized spacial score (nSPS) is 10.1. The number of methoxy groups -OCH3 is 1. The van der Waals surface area contributed by atoms with Crippen LogP contribution in [0.2, 0.25) is 0 Å². The number of benzene rings is 1. The summed E-state index contributed by atoms with van der Waals surface area (Å²) in [6.07, 6.45) is 0. The molecule has 2 aromatic rings. The van der Waals surface area contributed by atoms with Crippen molar-refractivity contribution in [2.75, 3.05) is 24.8 Å². The van der Waals surface area contributed by atoms with Crippen LogP contribution in [0.15, 0.2) is 28.8 Å². The summed E-state index contributed by atoms with van der Waals surface area (Å²) in [4.78, 5) is 11.8. The van der Waals surface area contributed by atoms with E-state index in [0.29, 0.717) is 5.69 Å². The predicted molar refractivity (Wildman–Crippen MR) is 73.1 cm³/mol. The van der Waals surface area contributed by atoms with Gasteiger partial charge in [0.25, 0.3) is 0 Å². The Labute approximate surface area is 115 Å². The lowest BCUT2D eigenvalue weighted by Gasteiger charge is -2.06. The lowest BCUT2D eigenvalue weighted by atomic mass is 10.2. The molecule has 0 aliphatic heterocycles. The molecule has 0 amide bonds. The number of nitrogens with one attached hydrogen (secondary N) is 1. The van der Waals surface area contributed by atoms with E-state index in [9.17, 15) is 4.79 Å². The molecule has 20 heavy (non-hydrogen) atoms. The van der Waals surface area contributed by atoms with Gasteiger partial charge in [-0.1, -0.05) is 5.16 Å². The molecule has 0 saturated heterocycles. The van der Waals surface area contributed by atoms with Gasteiger partial charge in [-0.25, -0.2) is 4.79 Å². The van der Waals surface area contributed by atoms with Crippen LogP contribution in [0, 0.1) is 0 Å². The lowest BCUT2D eigenvalue weighted by molar-refractivity contribution is 0.0528. The summed E-state index contributed by atoms with van der Waals surface area (Å²) in [6, 6.07) is 7.10. The molecule has 7 nitrogen and oxygen atoms in total. The highest BCUT2D eigenvalue weighted by Gasteiger charge is 2.22. The van der Waals surface area contributed by atoms with Gasteiger partial charge in [-0.2, -0.15) is 0 Å². The van der Waals surface area contributed by atoms with E-state index in [4.69, 9.17) is 19.7 Å². The zero-order chi connectivity index (χ0) is 14.5. The van der Waals surface area contributed by atoms with Crippen LogP contribution in [0.5, 0.6) is 5.75 Å². The smallest absolute Gasteiger partial charge is 0.347 e. The molecule has 2 rings (SSSR count). The molecule has 0 spiro atoms. The van der Waals surface area contributed by atoms with Crippen molar-refractivity contribution in [3.05, 3.63) is 29.8 Å². The Kier molecular flexibility index (Phi) is 4.09. The number of aromatic nitrogens is 1. The van der Waals surface area contributed by atoms with Gasteiger partial charge in [0.2, 0.25) is 5.88 Å². The highest BCUT2D eigenvalue weighted by Crippen LogP contribution is 2.26. The van der Waals surface area contributed by atoms with Gasteiger partial charge in [0.1, 0.15) is 5.75 Å². The Morgan fingerprint density at radius 2 is 2.10 bits per heavy atom. The zero-order valence-electron chi connectivity index (χ0n) is 11.2. The summed E-state index contributed by atoms with van der Waals surface area (Å²) in [7, 11) is 1.58. The third-order valence-corrected chi connectivity index (χ3v) is 2.55. The number of nitrogens with two attached hydrogens (primary N) is 1. The largest absolute Gasteiger partial charge is 0.497 e. The molecule has 0 aliphatic rings. The van der Waals surface area contributed by atoms with Crippen LogP contribution in [-0.2, 0) is 4.74 Å². The number of hydrogen-bond donors (Lipinski definition) is 2. The predicted octanol–water partition coefficient (Wildman–Crippen LogP) is 2.19. The number of carbonyl (C=O) groups excluding carboxylic acids is 1. The monoisotopic (exact) mass is 277 g/mol. The summed E-state index contributed by atoms with van der Waals surface area (Å²) in [5.74, 6) is 0.272. The zero-order valence-corrected chi connectivity index (χ0v) is 11.2. The van der Waals surface area contributed by atoms with E-state index < -0.39 is 5.97 Å². The summed E-state index contributed by atoms with van der Waals surface area (Å²) in [5.41, 5.74) is 6.38. The molecule has 7 heteroatoms. The average Bonchev–Trinajstić information content (AvgIpc) is 2.81. The quantitative estimate of drug-likeness (QED) is 0.808. The van der Waals surface area contributed by atoms with Gasteiger partial charge in [0.05, 0.1) is 13.7 Å². The maximum absolute atomic E-state index is 11.8. The van der Waals surface area contributed by atoms with Gasteiger partial charge in [-0.15, -0.1) is 0 Å². The van der Waals surface area contributed by atoms with Crippen molar-refractivity contribution < 1.29 is 18.8 Å². The van der Waals surface area contributed by atoms with Crippen LogP contribution >= 0.6 is 0 Å². The Bertz CT molecular complexity index is 592. The molecule has 3 N–H and O–H groups in total. The standard InChI is InChI=1S/C13H15N3O4/c1-3-19-13(17)10-11(14)20-16-12(10)15-8-4-6-9(18-2)7-5-8/h4-7H,3,14H2,1-2H3,(H,15,16). The summed E-state index contributed by atoms with van der Waals surface area (Å²) >= 11 is 0. The summed E-state index contributed by atoms with van der Waals surface area (Å²) < 4.78 is 14.8. The molecular weight excluding hydrogens is 262 g/mol. The Hall–Kier alpha value is -2.70.